The second-order valence-electron chi connectivity index (χ2n) is 4.14. The van der Waals surface area contributed by atoms with Crippen molar-refractivity contribution in [3.8, 4) is 11.1 Å². The molecule has 0 saturated heterocycles. The molecule has 0 bridgehead atoms. The second kappa shape index (κ2) is 4.67. The number of aromatic nitrogens is 3. The standard InChI is InChI=1S/C13H8Cl3N3/c1-7-6-17-19-12(16)10(11(15)18-13(7)19)8-3-2-4-9(14)5-8/h2-6H,1H3. The quantitative estimate of drug-likeness (QED) is 0.611. The van der Waals surface area contributed by atoms with E-state index in [4.69, 9.17) is 34.8 Å². The first-order valence-electron chi connectivity index (χ1n) is 5.53. The highest BCUT2D eigenvalue weighted by molar-refractivity contribution is 6.38. The van der Waals surface area contributed by atoms with E-state index in [9.17, 15) is 0 Å². The van der Waals surface area contributed by atoms with E-state index in [1.54, 1.807) is 22.8 Å². The SMILES string of the molecule is Cc1cnn2c(Cl)c(-c3cccc(Cl)c3)c(Cl)nc12. The molecule has 0 N–H and O–H groups in total. The first kappa shape index (κ1) is 12.7. The Balaban J connectivity index is 2.35. The van der Waals surface area contributed by atoms with Gasteiger partial charge in [-0.2, -0.15) is 5.10 Å². The molecule has 3 rings (SSSR count). The van der Waals surface area contributed by atoms with Crippen LogP contribution in [0.3, 0.4) is 0 Å². The van der Waals surface area contributed by atoms with Crippen molar-refractivity contribution in [2.75, 3.05) is 0 Å². The van der Waals surface area contributed by atoms with E-state index in [0.717, 1.165) is 11.1 Å². The van der Waals surface area contributed by atoms with Crippen LogP contribution < -0.4 is 0 Å². The van der Waals surface area contributed by atoms with E-state index in [2.05, 4.69) is 10.1 Å². The number of nitrogens with zero attached hydrogens (tertiary/aromatic N) is 3. The van der Waals surface area contributed by atoms with Gasteiger partial charge in [0.1, 0.15) is 10.3 Å². The maximum Gasteiger partial charge on any atom is 0.161 e. The largest absolute Gasteiger partial charge is 0.216 e. The monoisotopic (exact) mass is 311 g/mol. The Morgan fingerprint density at radius 3 is 2.68 bits per heavy atom. The Bertz CT molecular complexity index is 780. The Labute approximate surface area is 124 Å². The van der Waals surface area contributed by atoms with Crippen LogP contribution in [-0.2, 0) is 0 Å². The summed E-state index contributed by atoms with van der Waals surface area (Å²) >= 11 is 18.6. The number of aryl methyl sites for hydroxylation is 1. The van der Waals surface area contributed by atoms with E-state index >= 15 is 0 Å². The van der Waals surface area contributed by atoms with Crippen molar-refractivity contribution in [2.24, 2.45) is 0 Å². The van der Waals surface area contributed by atoms with Gasteiger partial charge >= 0.3 is 0 Å². The van der Waals surface area contributed by atoms with E-state index in [1.165, 1.54) is 0 Å². The zero-order valence-electron chi connectivity index (χ0n) is 9.86. The molecule has 6 heteroatoms. The van der Waals surface area contributed by atoms with Gasteiger partial charge in [-0.05, 0) is 24.6 Å². The average molecular weight is 313 g/mol. The maximum atomic E-state index is 6.38. The summed E-state index contributed by atoms with van der Waals surface area (Å²) < 4.78 is 1.57. The molecular formula is C13H8Cl3N3. The lowest BCUT2D eigenvalue weighted by Crippen LogP contribution is -1.97. The van der Waals surface area contributed by atoms with Crippen LogP contribution in [0.4, 0.5) is 0 Å². The van der Waals surface area contributed by atoms with Gasteiger partial charge in [0.2, 0.25) is 0 Å². The van der Waals surface area contributed by atoms with Crippen LogP contribution >= 0.6 is 34.8 Å². The molecule has 96 valence electrons. The fourth-order valence-corrected chi connectivity index (χ4v) is 2.76. The van der Waals surface area contributed by atoms with Crippen LogP contribution in [0.2, 0.25) is 15.3 Å². The predicted molar refractivity (Wildman–Crippen MR) is 78.2 cm³/mol. The van der Waals surface area contributed by atoms with Crippen molar-refractivity contribution < 1.29 is 0 Å². The number of halogens is 3. The van der Waals surface area contributed by atoms with Crippen LogP contribution in [0.1, 0.15) is 5.56 Å². The lowest BCUT2D eigenvalue weighted by Gasteiger charge is -2.09. The van der Waals surface area contributed by atoms with Crippen molar-refractivity contribution in [1.29, 1.82) is 0 Å². The Kier molecular flexibility index (Phi) is 3.13. The van der Waals surface area contributed by atoms with Crippen molar-refractivity contribution in [3.63, 3.8) is 0 Å². The van der Waals surface area contributed by atoms with Gasteiger partial charge in [0.05, 0.1) is 11.8 Å². The fourth-order valence-electron chi connectivity index (χ4n) is 1.93. The van der Waals surface area contributed by atoms with Crippen molar-refractivity contribution >= 4 is 40.4 Å². The first-order valence-corrected chi connectivity index (χ1v) is 6.66. The van der Waals surface area contributed by atoms with Gasteiger partial charge in [-0.3, -0.25) is 0 Å². The number of rotatable bonds is 1. The molecule has 0 fully saturated rings. The summed E-state index contributed by atoms with van der Waals surface area (Å²) in [4.78, 5) is 4.34. The minimum absolute atomic E-state index is 0.336. The van der Waals surface area contributed by atoms with Gasteiger partial charge in [0.25, 0.3) is 0 Å². The lowest BCUT2D eigenvalue weighted by atomic mass is 10.1. The second-order valence-corrected chi connectivity index (χ2v) is 5.29. The third kappa shape index (κ3) is 2.08. The van der Waals surface area contributed by atoms with E-state index in [-0.39, 0.29) is 0 Å². The number of hydrogen-bond donors (Lipinski definition) is 0. The average Bonchev–Trinajstić information content (AvgIpc) is 2.72. The Morgan fingerprint density at radius 1 is 1.16 bits per heavy atom. The molecule has 19 heavy (non-hydrogen) atoms. The Hall–Kier alpha value is -1.29. The van der Waals surface area contributed by atoms with Gasteiger partial charge in [-0.15, -0.1) is 0 Å². The molecule has 0 aliphatic carbocycles. The van der Waals surface area contributed by atoms with Crippen LogP contribution in [0.25, 0.3) is 16.8 Å². The van der Waals surface area contributed by atoms with Gasteiger partial charge in [0.15, 0.2) is 5.65 Å². The topological polar surface area (TPSA) is 30.2 Å². The molecule has 3 nitrogen and oxygen atoms in total. The number of hydrogen-bond acceptors (Lipinski definition) is 2. The highest BCUT2D eigenvalue weighted by atomic mass is 35.5. The van der Waals surface area contributed by atoms with Crippen molar-refractivity contribution in [1.82, 2.24) is 14.6 Å². The smallest absolute Gasteiger partial charge is 0.161 e. The zero-order valence-corrected chi connectivity index (χ0v) is 12.1. The Morgan fingerprint density at radius 2 is 1.95 bits per heavy atom. The molecular weight excluding hydrogens is 305 g/mol. The van der Waals surface area contributed by atoms with Gasteiger partial charge in [-0.1, -0.05) is 46.9 Å². The molecule has 0 amide bonds. The maximum absolute atomic E-state index is 6.38. The number of benzene rings is 1. The lowest BCUT2D eigenvalue weighted by molar-refractivity contribution is 0.942. The molecule has 0 radical (unpaired) electrons. The molecule has 0 aliphatic rings. The molecule has 1 aromatic carbocycles. The summed E-state index contributed by atoms with van der Waals surface area (Å²) in [5.74, 6) is 0. The van der Waals surface area contributed by atoms with Crippen molar-refractivity contribution in [2.45, 2.75) is 6.92 Å². The minimum atomic E-state index is 0.336. The summed E-state index contributed by atoms with van der Waals surface area (Å²) in [5, 5.41) is 5.57. The molecule has 2 heterocycles. The first-order chi connectivity index (χ1) is 9.08. The third-order valence-electron chi connectivity index (χ3n) is 2.84. The molecule has 3 aromatic rings. The van der Waals surface area contributed by atoms with Crippen LogP contribution in [0, 0.1) is 6.92 Å². The van der Waals surface area contributed by atoms with E-state index < -0.39 is 0 Å². The summed E-state index contributed by atoms with van der Waals surface area (Å²) in [6.45, 7) is 1.90. The van der Waals surface area contributed by atoms with Crippen LogP contribution in [-0.4, -0.2) is 14.6 Å². The minimum Gasteiger partial charge on any atom is -0.216 e. The van der Waals surface area contributed by atoms with Crippen LogP contribution in [0.15, 0.2) is 30.5 Å². The van der Waals surface area contributed by atoms with Gasteiger partial charge in [-0.25, -0.2) is 9.50 Å². The molecule has 2 aromatic heterocycles. The van der Waals surface area contributed by atoms with E-state index in [0.29, 0.717) is 26.5 Å². The van der Waals surface area contributed by atoms with E-state index in [1.807, 2.05) is 19.1 Å². The highest BCUT2D eigenvalue weighted by Gasteiger charge is 2.16. The molecule has 0 saturated carbocycles. The normalized spacial score (nSPS) is 11.2. The fraction of sp³-hybridized carbons (Fsp3) is 0.0769. The summed E-state index contributed by atoms with van der Waals surface area (Å²) in [5.41, 5.74) is 3.01. The molecule has 0 aliphatic heterocycles. The summed E-state index contributed by atoms with van der Waals surface area (Å²) in [7, 11) is 0. The summed E-state index contributed by atoms with van der Waals surface area (Å²) in [6.07, 6.45) is 1.70. The number of fused-ring (bicyclic) bond motifs is 1. The molecule has 0 spiro atoms. The molecule has 0 atom stereocenters. The third-order valence-corrected chi connectivity index (χ3v) is 3.69. The van der Waals surface area contributed by atoms with Gasteiger partial charge in [0, 0.05) is 10.6 Å². The zero-order chi connectivity index (χ0) is 13.6. The molecule has 0 unspecified atom stereocenters. The van der Waals surface area contributed by atoms with Gasteiger partial charge < -0.3 is 0 Å². The predicted octanol–water partition coefficient (Wildman–Crippen LogP) is 4.66. The van der Waals surface area contributed by atoms with Crippen molar-refractivity contribution in [3.05, 3.63) is 51.4 Å². The highest BCUT2D eigenvalue weighted by Crippen LogP contribution is 2.35. The van der Waals surface area contributed by atoms with Crippen LogP contribution in [0.5, 0.6) is 0 Å². The summed E-state index contributed by atoms with van der Waals surface area (Å²) in [6, 6.07) is 7.29.